The average molecular weight is 339 g/mol. The Morgan fingerprint density at radius 1 is 1.12 bits per heavy atom. The van der Waals surface area contributed by atoms with Gasteiger partial charge in [0, 0.05) is 5.56 Å². The van der Waals surface area contributed by atoms with E-state index in [0.717, 1.165) is 24.1 Å². The Labute approximate surface area is 141 Å². The number of benzene rings is 2. The Kier molecular flexibility index (Phi) is 3.49. The van der Waals surface area contributed by atoms with Crippen LogP contribution in [0.25, 0.3) is 0 Å². The van der Waals surface area contributed by atoms with E-state index in [-0.39, 0.29) is 10.7 Å². The highest BCUT2D eigenvalue weighted by Crippen LogP contribution is 2.25. The van der Waals surface area contributed by atoms with E-state index in [1.807, 2.05) is 6.92 Å². The summed E-state index contributed by atoms with van der Waals surface area (Å²) < 4.78 is 27.8. The molecule has 0 radical (unpaired) electrons. The van der Waals surface area contributed by atoms with Crippen LogP contribution in [0.1, 0.15) is 35.6 Å². The fraction of sp³-hybridized carbons (Fsp3) is 0.222. The molecular weight excluding hydrogens is 322 g/mol. The molecule has 1 aliphatic heterocycles. The third-order valence-corrected chi connectivity index (χ3v) is 5.81. The van der Waals surface area contributed by atoms with Gasteiger partial charge in [0.15, 0.2) is 5.84 Å². The molecule has 0 aromatic heterocycles. The van der Waals surface area contributed by atoms with Crippen LogP contribution in [0, 0.1) is 0 Å². The first-order valence-electron chi connectivity index (χ1n) is 7.91. The topological polar surface area (TPSA) is 70.9 Å². The maximum atomic E-state index is 12.0. The van der Waals surface area contributed by atoms with Crippen LogP contribution in [0.5, 0.6) is 0 Å². The lowest BCUT2D eigenvalue weighted by Gasteiger charge is -2.06. The molecule has 1 heterocycles. The molecule has 0 spiro atoms. The summed E-state index contributed by atoms with van der Waals surface area (Å²) in [7, 11) is -3.62. The maximum Gasteiger partial charge on any atom is 0.285 e. The highest BCUT2D eigenvalue weighted by molar-refractivity contribution is 7.90. The van der Waals surface area contributed by atoms with Crippen molar-refractivity contribution < 1.29 is 8.42 Å². The molecule has 0 amide bonds. The molecule has 0 unspecified atom stereocenters. The lowest BCUT2D eigenvalue weighted by molar-refractivity contribution is 0.599. The van der Waals surface area contributed by atoms with Gasteiger partial charge in [-0.15, -0.1) is 4.40 Å². The molecule has 0 saturated heterocycles. The van der Waals surface area contributed by atoms with Gasteiger partial charge in [-0.3, -0.25) is 5.43 Å². The highest BCUT2D eigenvalue weighted by atomic mass is 32.2. The van der Waals surface area contributed by atoms with Gasteiger partial charge in [-0.1, -0.05) is 24.3 Å². The predicted octanol–water partition coefficient (Wildman–Crippen LogP) is 2.64. The number of aryl methyl sites for hydroxylation is 2. The fourth-order valence-corrected chi connectivity index (χ4v) is 4.36. The first kappa shape index (κ1) is 15.1. The number of hydrogen-bond acceptors (Lipinski definition) is 4. The lowest BCUT2D eigenvalue weighted by Crippen LogP contribution is -2.19. The minimum Gasteiger partial charge on any atom is -0.260 e. The first-order chi connectivity index (χ1) is 11.5. The van der Waals surface area contributed by atoms with E-state index in [1.165, 1.54) is 17.5 Å². The van der Waals surface area contributed by atoms with Crippen LogP contribution in [0.2, 0.25) is 0 Å². The van der Waals surface area contributed by atoms with Crippen LogP contribution in [0.3, 0.4) is 0 Å². The molecule has 1 N–H and O–H groups in total. The molecule has 0 fully saturated rings. The summed E-state index contributed by atoms with van der Waals surface area (Å²) in [6.45, 7) is 1.90. The molecule has 0 bridgehead atoms. The summed E-state index contributed by atoms with van der Waals surface area (Å²) in [6, 6.07) is 13.1. The molecule has 2 aromatic carbocycles. The second kappa shape index (κ2) is 5.56. The number of hydrogen-bond donors (Lipinski definition) is 1. The smallest absolute Gasteiger partial charge is 0.260 e. The van der Waals surface area contributed by atoms with Crippen molar-refractivity contribution in [3.05, 3.63) is 64.7 Å². The SMILES string of the molecule is CC(=NNC1=NS(=O)(=O)c2ccccc21)c1ccc2c(c1)CCC2. The quantitative estimate of drug-likeness (QED) is 0.675. The molecule has 2 aromatic rings. The second-order valence-corrected chi connectivity index (χ2v) is 7.63. The van der Waals surface area contributed by atoms with Gasteiger partial charge in [0.1, 0.15) is 4.90 Å². The summed E-state index contributed by atoms with van der Waals surface area (Å²) in [5.74, 6) is 0.270. The normalized spacial score (nSPS) is 18.0. The fourth-order valence-electron chi connectivity index (χ4n) is 3.18. The Bertz CT molecular complexity index is 991. The minimum absolute atomic E-state index is 0.220. The van der Waals surface area contributed by atoms with E-state index in [4.69, 9.17) is 0 Å². The van der Waals surface area contributed by atoms with E-state index in [2.05, 4.69) is 33.1 Å². The number of nitrogens with zero attached hydrogens (tertiary/aromatic N) is 2. The molecule has 1 aliphatic carbocycles. The Hall–Kier alpha value is -2.47. The van der Waals surface area contributed by atoms with Gasteiger partial charge in [0.25, 0.3) is 10.0 Å². The van der Waals surface area contributed by atoms with E-state index in [1.54, 1.807) is 24.3 Å². The zero-order valence-corrected chi connectivity index (χ0v) is 14.1. The molecule has 4 rings (SSSR count). The largest absolute Gasteiger partial charge is 0.285 e. The van der Waals surface area contributed by atoms with Crippen LogP contribution in [0.4, 0.5) is 0 Å². The molecule has 0 atom stereocenters. The van der Waals surface area contributed by atoms with Gasteiger partial charge >= 0.3 is 0 Å². The van der Waals surface area contributed by atoms with E-state index < -0.39 is 10.0 Å². The summed E-state index contributed by atoms with van der Waals surface area (Å²) in [4.78, 5) is 0.220. The van der Waals surface area contributed by atoms with Crippen molar-refractivity contribution in [3.8, 4) is 0 Å². The second-order valence-electron chi connectivity index (χ2n) is 6.06. The molecule has 5 nitrogen and oxygen atoms in total. The standard InChI is InChI=1S/C18H17N3O2S/c1-12(14-10-9-13-5-4-6-15(13)11-14)19-20-18-16-7-2-3-8-17(16)24(22,23)21-18/h2-3,7-11H,4-6H2,1H3,(H,20,21). The first-order valence-corrected chi connectivity index (χ1v) is 9.35. The number of sulfonamides is 1. The molecule has 2 aliphatic rings. The Balaban J connectivity index is 1.62. The van der Waals surface area contributed by atoms with E-state index >= 15 is 0 Å². The molecule has 122 valence electrons. The van der Waals surface area contributed by atoms with Crippen molar-refractivity contribution in [2.45, 2.75) is 31.1 Å². The van der Waals surface area contributed by atoms with Crippen molar-refractivity contribution in [1.29, 1.82) is 0 Å². The van der Waals surface area contributed by atoms with Crippen molar-refractivity contribution in [2.75, 3.05) is 0 Å². The van der Waals surface area contributed by atoms with Crippen LogP contribution in [0.15, 0.2) is 56.9 Å². The van der Waals surface area contributed by atoms with Crippen molar-refractivity contribution in [1.82, 2.24) is 5.43 Å². The van der Waals surface area contributed by atoms with Crippen molar-refractivity contribution in [2.24, 2.45) is 9.50 Å². The lowest BCUT2D eigenvalue weighted by atomic mass is 10.0. The van der Waals surface area contributed by atoms with Gasteiger partial charge in [0.05, 0.1) is 5.71 Å². The van der Waals surface area contributed by atoms with Crippen molar-refractivity contribution in [3.63, 3.8) is 0 Å². The Morgan fingerprint density at radius 2 is 1.92 bits per heavy atom. The third-order valence-electron chi connectivity index (χ3n) is 4.48. The zero-order chi connectivity index (χ0) is 16.7. The minimum atomic E-state index is -3.62. The van der Waals surface area contributed by atoms with E-state index in [9.17, 15) is 8.42 Å². The molecular formula is C18H17N3O2S. The molecule has 24 heavy (non-hydrogen) atoms. The molecule has 6 heteroatoms. The van der Waals surface area contributed by atoms with Crippen molar-refractivity contribution >= 4 is 21.6 Å². The summed E-state index contributed by atoms with van der Waals surface area (Å²) in [5.41, 5.74) is 8.02. The molecule has 0 saturated carbocycles. The predicted molar refractivity (Wildman–Crippen MR) is 94.0 cm³/mol. The summed E-state index contributed by atoms with van der Waals surface area (Å²) >= 11 is 0. The number of nitrogens with one attached hydrogen (secondary N) is 1. The maximum absolute atomic E-state index is 12.0. The highest BCUT2D eigenvalue weighted by Gasteiger charge is 2.28. The average Bonchev–Trinajstić information content (AvgIpc) is 3.15. The van der Waals surface area contributed by atoms with Crippen LogP contribution in [-0.4, -0.2) is 20.0 Å². The van der Waals surface area contributed by atoms with Gasteiger partial charge < -0.3 is 0 Å². The number of rotatable bonds is 2. The Morgan fingerprint density at radius 3 is 2.79 bits per heavy atom. The number of hydrazone groups is 1. The van der Waals surface area contributed by atoms with Crippen LogP contribution < -0.4 is 5.43 Å². The van der Waals surface area contributed by atoms with Gasteiger partial charge in [-0.25, -0.2) is 0 Å². The van der Waals surface area contributed by atoms with E-state index in [0.29, 0.717) is 5.56 Å². The van der Waals surface area contributed by atoms with Crippen LogP contribution in [-0.2, 0) is 22.9 Å². The monoisotopic (exact) mass is 339 g/mol. The van der Waals surface area contributed by atoms with Crippen LogP contribution >= 0.6 is 0 Å². The third kappa shape index (κ3) is 2.53. The summed E-state index contributed by atoms with van der Waals surface area (Å²) in [6.07, 6.45) is 3.47. The zero-order valence-electron chi connectivity index (χ0n) is 13.3. The van der Waals surface area contributed by atoms with Gasteiger partial charge in [-0.05, 0) is 61.1 Å². The number of fused-ring (bicyclic) bond motifs is 2. The number of amidine groups is 1. The summed E-state index contributed by atoms with van der Waals surface area (Å²) in [5, 5.41) is 4.34. The van der Waals surface area contributed by atoms with Gasteiger partial charge in [0.2, 0.25) is 0 Å². The van der Waals surface area contributed by atoms with Gasteiger partial charge in [-0.2, -0.15) is 13.5 Å².